The molecule has 1 heterocycles. The van der Waals surface area contributed by atoms with E-state index in [1.165, 1.54) is 0 Å². The third-order valence-electron chi connectivity index (χ3n) is 1.50. The van der Waals surface area contributed by atoms with Crippen LogP contribution in [0.25, 0.3) is 0 Å². The fourth-order valence-electron chi connectivity index (χ4n) is 0.962. The van der Waals surface area contributed by atoms with E-state index in [4.69, 9.17) is 9.47 Å². The lowest BCUT2D eigenvalue weighted by atomic mass is 10.3. The summed E-state index contributed by atoms with van der Waals surface area (Å²) in [5, 5.41) is 0. The van der Waals surface area contributed by atoms with Gasteiger partial charge in [-0.15, -0.1) is 0 Å². The van der Waals surface area contributed by atoms with Crippen LogP contribution in [0.3, 0.4) is 0 Å². The van der Waals surface area contributed by atoms with Crippen molar-refractivity contribution in [3.63, 3.8) is 0 Å². The lowest BCUT2D eigenvalue weighted by molar-refractivity contribution is 0.0518. The van der Waals surface area contributed by atoms with E-state index in [1.807, 2.05) is 6.92 Å². The molecule has 1 aromatic heterocycles. The number of esters is 1. The van der Waals surface area contributed by atoms with Gasteiger partial charge in [-0.05, 0) is 19.9 Å². The molecule has 0 bridgehead atoms. The number of aromatic nitrogens is 1. The average Bonchev–Trinajstić information content (AvgIpc) is 2.19. The molecule has 0 atom stereocenters. The van der Waals surface area contributed by atoms with Gasteiger partial charge in [0.1, 0.15) is 0 Å². The van der Waals surface area contributed by atoms with Crippen molar-refractivity contribution in [2.45, 2.75) is 13.8 Å². The van der Waals surface area contributed by atoms with E-state index in [-0.39, 0.29) is 5.69 Å². The number of rotatable bonds is 4. The van der Waals surface area contributed by atoms with Crippen LogP contribution in [0.1, 0.15) is 24.3 Å². The highest BCUT2D eigenvalue weighted by atomic mass is 16.5. The molecule has 0 fully saturated rings. The molecule has 0 aromatic carbocycles. The van der Waals surface area contributed by atoms with Crippen LogP contribution in [-0.4, -0.2) is 24.2 Å². The fourth-order valence-corrected chi connectivity index (χ4v) is 0.962. The van der Waals surface area contributed by atoms with Crippen LogP contribution < -0.4 is 4.74 Å². The zero-order valence-electron chi connectivity index (χ0n) is 8.32. The standard InChI is InChI=1S/C10H13NO3/c1-3-13-9-7-5-6-8(11-9)10(12)14-4-2/h5-7H,3-4H2,1-2H3. The van der Waals surface area contributed by atoms with E-state index in [1.54, 1.807) is 25.1 Å². The monoisotopic (exact) mass is 195 g/mol. The Hall–Kier alpha value is -1.58. The summed E-state index contributed by atoms with van der Waals surface area (Å²) in [6, 6.07) is 5.01. The van der Waals surface area contributed by atoms with Crippen molar-refractivity contribution >= 4 is 5.97 Å². The fraction of sp³-hybridized carbons (Fsp3) is 0.400. The van der Waals surface area contributed by atoms with E-state index < -0.39 is 5.97 Å². The number of hydrogen-bond acceptors (Lipinski definition) is 4. The first kappa shape index (κ1) is 10.5. The molecule has 4 heteroatoms. The molecule has 76 valence electrons. The highest BCUT2D eigenvalue weighted by Crippen LogP contribution is 2.08. The SMILES string of the molecule is CCOC(=O)c1cccc(OCC)n1. The van der Waals surface area contributed by atoms with Crippen LogP contribution in [0, 0.1) is 0 Å². The predicted molar refractivity (Wildman–Crippen MR) is 51.4 cm³/mol. The summed E-state index contributed by atoms with van der Waals surface area (Å²) in [7, 11) is 0. The van der Waals surface area contributed by atoms with E-state index in [9.17, 15) is 4.79 Å². The maximum absolute atomic E-state index is 11.3. The number of nitrogens with zero attached hydrogens (tertiary/aromatic N) is 1. The van der Waals surface area contributed by atoms with Gasteiger partial charge >= 0.3 is 5.97 Å². The second-order valence-electron chi connectivity index (χ2n) is 2.51. The minimum atomic E-state index is -0.422. The maximum Gasteiger partial charge on any atom is 0.357 e. The van der Waals surface area contributed by atoms with Crippen molar-refractivity contribution in [2.75, 3.05) is 13.2 Å². The molecule has 0 saturated carbocycles. The summed E-state index contributed by atoms with van der Waals surface area (Å²) in [5.74, 6) is 0.0205. The molecular formula is C10H13NO3. The molecule has 0 N–H and O–H groups in total. The van der Waals surface area contributed by atoms with Gasteiger partial charge < -0.3 is 9.47 Å². The molecule has 0 saturated heterocycles. The van der Waals surface area contributed by atoms with E-state index >= 15 is 0 Å². The molecule has 4 nitrogen and oxygen atoms in total. The molecule has 0 radical (unpaired) electrons. The van der Waals surface area contributed by atoms with E-state index in [2.05, 4.69) is 4.98 Å². The van der Waals surface area contributed by atoms with Gasteiger partial charge in [0.15, 0.2) is 5.69 Å². The first-order valence-electron chi connectivity index (χ1n) is 4.55. The Morgan fingerprint density at radius 1 is 1.36 bits per heavy atom. The number of ether oxygens (including phenoxy) is 2. The molecule has 0 aliphatic carbocycles. The van der Waals surface area contributed by atoms with Gasteiger partial charge in [0.05, 0.1) is 13.2 Å². The van der Waals surface area contributed by atoms with E-state index in [0.717, 1.165) is 0 Å². The highest BCUT2D eigenvalue weighted by Gasteiger charge is 2.08. The number of pyridine rings is 1. The summed E-state index contributed by atoms with van der Waals surface area (Å²) < 4.78 is 9.96. The van der Waals surface area contributed by atoms with Crippen LogP contribution in [0.4, 0.5) is 0 Å². The number of carbonyl (C=O) groups excluding carboxylic acids is 1. The van der Waals surface area contributed by atoms with Crippen LogP contribution in [-0.2, 0) is 4.74 Å². The quantitative estimate of drug-likeness (QED) is 0.685. The van der Waals surface area contributed by atoms with Crippen LogP contribution in [0.2, 0.25) is 0 Å². The van der Waals surface area contributed by atoms with Crippen molar-refractivity contribution < 1.29 is 14.3 Å². The van der Waals surface area contributed by atoms with Crippen molar-refractivity contribution in [2.24, 2.45) is 0 Å². The maximum atomic E-state index is 11.3. The Morgan fingerprint density at radius 3 is 2.79 bits per heavy atom. The lowest BCUT2D eigenvalue weighted by Gasteiger charge is -2.04. The minimum Gasteiger partial charge on any atom is -0.478 e. The van der Waals surface area contributed by atoms with Gasteiger partial charge in [0.25, 0.3) is 0 Å². The first-order chi connectivity index (χ1) is 6.77. The summed E-state index contributed by atoms with van der Waals surface area (Å²) in [6.45, 7) is 4.49. The summed E-state index contributed by atoms with van der Waals surface area (Å²) >= 11 is 0. The average molecular weight is 195 g/mol. The molecule has 0 aliphatic heterocycles. The minimum absolute atomic E-state index is 0.276. The van der Waals surface area contributed by atoms with Crippen LogP contribution in [0.5, 0.6) is 5.88 Å². The van der Waals surface area contributed by atoms with Gasteiger partial charge in [-0.3, -0.25) is 0 Å². The number of hydrogen-bond donors (Lipinski definition) is 0. The Morgan fingerprint density at radius 2 is 2.14 bits per heavy atom. The molecule has 1 rings (SSSR count). The zero-order valence-corrected chi connectivity index (χ0v) is 8.32. The van der Waals surface area contributed by atoms with Gasteiger partial charge in [0.2, 0.25) is 5.88 Å². The third kappa shape index (κ3) is 2.73. The Bertz CT molecular complexity index is 312. The van der Waals surface area contributed by atoms with E-state index in [0.29, 0.717) is 19.1 Å². The summed E-state index contributed by atoms with van der Waals surface area (Å²) in [4.78, 5) is 15.2. The van der Waals surface area contributed by atoms with Gasteiger partial charge in [-0.25, -0.2) is 9.78 Å². The van der Waals surface area contributed by atoms with Crippen molar-refractivity contribution in [1.29, 1.82) is 0 Å². The smallest absolute Gasteiger partial charge is 0.357 e. The number of carbonyl (C=O) groups is 1. The molecule has 0 aliphatic rings. The molecule has 1 aromatic rings. The summed E-state index contributed by atoms with van der Waals surface area (Å²) in [5.41, 5.74) is 0.276. The second-order valence-corrected chi connectivity index (χ2v) is 2.51. The lowest BCUT2D eigenvalue weighted by Crippen LogP contribution is -2.07. The van der Waals surface area contributed by atoms with Gasteiger partial charge in [0, 0.05) is 6.07 Å². The second kappa shape index (κ2) is 5.21. The van der Waals surface area contributed by atoms with Crippen molar-refractivity contribution in [3.8, 4) is 5.88 Å². The molecular weight excluding hydrogens is 182 g/mol. The third-order valence-corrected chi connectivity index (χ3v) is 1.50. The molecule has 0 unspecified atom stereocenters. The Labute approximate surface area is 82.9 Å². The topological polar surface area (TPSA) is 48.4 Å². The molecule has 0 amide bonds. The molecule has 14 heavy (non-hydrogen) atoms. The van der Waals surface area contributed by atoms with Crippen molar-refractivity contribution in [1.82, 2.24) is 4.98 Å². The molecule has 0 spiro atoms. The largest absolute Gasteiger partial charge is 0.478 e. The Kier molecular flexibility index (Phi) is 3.91. The summed E-state index contributed by atoms with van der Waals surface area (Å²) in [6.07, 6.45) is 0. The highest BCUT2D eigenvalue weighted by molar-refractivity contribution is 5.87. The first-order valence-corrected chi connectivity index (χ1v) is 4.55. The predicted octanol–water partition coefficient (Wildman–Crippen LogP) is 1.66. The van der Waals surface area contributed by atoms with Crippen molar-refractivity contribution in [3.05, 3.63) is 23.9 Å². The zero-order chi connectivity index (χ0) is 10.4. The normalized spacial score (nSPS) is 9.57. The van der Waals surface area contributed by atoms with Gasteiger partial charge in [-0.2, -0.15) is 0 Å². The van der Waals surface area contributed by atoms with Crippen LogP contribution in [0.15, 0.2) is 18.2 Å². The Balaban J connectivity index is 2.77. The van der Waals surface area contributed by atoms with Crippen LogP contribution >= 0.6 is 0 Å². The van der Waals surface area contributed by atoms with Gasteiger partial charge in [-0.1, -0.05) is 6.07 Å².